The number of carbonyl (C=O) groups is 1. The lowest BCUT2D eigenvalue weighted by Gasteiger charge is -2.29. The number of hydrogen-bond donors (Lipinski definition) is 1. The van der Waals surface area contributed by atoms with Gasteiger partial charge in [-0.2, -0.15) is 5.90 Å². The Bertz CT molecular complexity index is 205. The van der Waals surface area contributed by atoms with Crippen LogP contribution in [-0.4, -0.2) is 37.3 Å². The van der Waals surface area contributed by atoms with Crippen molar-refractivity contribution in [3.8, 4) is 0 Å². The molecule has 0 bridgehead atoms. The summed E-state index contributed by atoms with van der Waals surface area (Å²) in [7, 11) is 1.70. The molecule has 1 amide bonds. The number of nitrogens with zero attached hydrogens (tertiary/aromatic N) is 1. The molecule has 5 heteroatoms. The van der Waals surface area contributed by atoms with Gasteiger partial charge in [0.25, 0.3) is 0 Å². The summed E-state index contributed by atoms with van der Waals surface area (Å²) < 4.78 is 5.39. The van der Waals surface area contributed by atoms with Crippen LogP contribution in [0.5, 0.6) is 0 Å². The van der Waals surface area contributed by atoms with Gasteiger partial charge in [-0.25, -0.2) is 4.79 Å². The Morgan fingerprint density at radius 3 is 3.00 bits per heavy atom. The van der Waals surface area contributed by atoms with Gasteiger partial charge in [-0.15, -0.1) is 0 Å². The molecule has 1 unspecified atom stereocenters. The van der Waals surface area contributed by atoms with Gasteiger partial charge >= 0.3 is 6.09 Å². The summed E-state index contributed by atoms with van der Waals surface area (Å²) in [6, 6.07) is 0.132. The highest BCUT2D eigenvalue weighted by atomic mass is 16.7. The van der Waals surface area contributed by atoms with Crippen molar-refractivity contribution in [1.29, 1.82) is 0 Å². The number of hydrogen-bond acceptors (Lipinski definition) is 4. The zero-order valence-corrected chi connectivity index (χ0v) is 9.44. The molecule has 5 nitrogen and oxygen atoms in total. The Kier molecular flexibility index (Phi) is 4.84. The Balaban J connectivity index is 2.32. The summed E-state index contributed by atoms with van der Waals surface area (Å²) in [5, 5.41) is 0. The number of amides is 1. The fourth-order valence-corrected chi connectivity index (χ4v) is 1.90. The average molecular weight is 216 g/mol. The Morgan fingerprint density at radius 2 is 2.47 bits per heavy atom. The lowest BCUT2D eigenvalue weighted by atomic mass is 9.94. The van der Waals surface area contributed by atoms with Crippen LogP contribution in [0.15, 0.2) is 0 Å². The van der Waals surface area contributed by atoms with E-state index in [1.165, 1.54) is 11.3 Å². The summed E-state index contributed by atoms with van der Waals surface area (Å²) >= 11 is 0. The van der Waals surface area contributed by atoms with E-state index >= 15 is 0 Å². The maximum absolute atomic E-state index is 11.1. The summed E-state index contributed by atoms with van der Waals surface area (Å²) in [5.74, 6) is 5.37. The molecular weight excluding hydrogens is 196 g/mol. The van der Waals surface area contributed by atoms with E-state index in [9.17, 15) is 4.79 Å². The first-order chi connectivity index (χ1) is 7.15. The molecule has 0 aromatic rings. The quantitative estimate of drug-likeness (QED) is 0.718. The Morgan fingerprint density at radius 1 is 1.73 bits per heavy atom. The van der Waals surface area contributed by atoms with Crippen molar-refractivity contribution in [2.24, 2.45) is 11.8 Å². The van der Waals surface area contributed by atoms with Crippen LogP contribution in [0.3, 0.4) is 0 Å². The normalized spacial score (nSPS) is 23.3. The van der Waals surface area contributed by atoms with Crippen LogP contribution in [0.4, 0.5) is 4.79 Å². The van der Waals surface area contributed by atoms with Gasteiger partial charge in [0.05, 0.1) is 0 Å². The summed E-state index contributed by atoms with van der Waals surface area (Å²) in [6.45, 7) is 3.66. The molecule has 2 atom stereocenters. The molecule has 0 aliphatic carbocycles. The molecule has 1 rings (SSSR count). The Hall–Kier alpha value is -0.810. The SMILES string of the molecule is C[C@@H](CC1CCCOC1)N(C)C(=O)ON. The van der Waals surface area contributed by atoms with Crippen LogP contribution >= 0.6 is 0 Å². The van der Waals surface area contributed by atoms with Crippen LogP contribution in [0, 0.1) is 5.92 Å². The van der Waals surface area contributed by atoms with Gasteiger partial charge in [0, 0.05) is 26.3 Å². The van der Waals surface area contributed by atoms with Crippen molar-refractivity contribution < 1.29 is 14.4 Å². The smallest absolute Gasteiger partial charge is 0.381 e. The number of rotatable bonds is 3. The highest BCUT2D eigenvalue weighted by Gasteiger charge is 2.22. The predicted molar refractivity (Wildman–Crippen MR) is 56.1 cm³/mol. The maximum atomic E-state index is 11.1. The monoisotopic (exact) mass is 216 g/mol. The first-order valence-corrected chi connectivity index (χ1v) is 5.36. The van der Waals surface area contributed by atoms with Crippen LogP contribution in [0.1, 0.15) is 26.2 Å². The first-order valence-electron chi connectivity index (χ1n) is 5.36. The van der Waals surface area contributed by atoms with Crippen LogP contribution in [0.25, 0.3) is 0 Å². The van der Waals surface area contributed by atoms with E-state index in [1.807, 2.05) is 6.92 Å². The zero-order chi connectivity index (χ0) is 11.3. The second-order valence-electron chi connectivity index (χ2n) is 4.16. The fourth-order valence-electron chi connectivity index (χ4n) is 1.90. The highest BCUT2D eigenvalue weighted by molar-refractivity contribution is 5.67. The van der Waals surface area contributed by atoms with Crippen LogP contribution in [0.2, 0.25) is 0 Å². The minimum Gasteiger partial charge on any atom is -0.381 e. The molecule has 1 fully saturated rings. The molecule has 88 valence electrons. The van der Waals surface area contributed by atoms with E-state index in [1.54, 1.807) is 7.05 Å². The van der Waals surface area contributed by atoms with Crippen molar-refractivity contribution in [3.63, 3.8) is 0 Å². The topological polar surface area (TPSA) is 64.8 Å². The van der Waals surface area contributed by atoms with E-state index in [0.717, 1.165) is 26.1 Å². The van der Waals surface area contributed by atoms with Gasteiger partial charge in [0.15, 0.2) is 0 Å². The third-order valence-corrected chi connectivity index (χ3v) is 2.98. The van der Waals surface area contributed by atoms with E-state index in [2.05, 4.69) is 4.84 Å². The highest BCUT2D eigenvalue weighted by Crippen LogP contribution is 2.20. The summed E-state index contributed by atoms with van der Waals surface area (Å²) in [5.41, 5.74) is 0. The standard InChI is InChI=1S/C10H20N2O3/c1-8(12(2)10(13)15-11)6-9-4-3-5-14-7-9/h8-9H,3-7,11H2,1-2H3/t8-,9?/m0/s1. The fraction of sp³-hybridized carbons (Fsp3) is 0.900. The molecule has 1 aliphatic rings. The van der Waals surface area contributed by atoms with Crippen molar-refractivity contribution in [1.82, 2.24) is 4.90 Å². The molecule has 0 radical (unpaired) electrons. The number of carbonyl (C=O) groups excluding carboxylic acids is 1. The Labute approximate surface area is 90.5 Å². The lowest BCUT2D eigenvalue weighted by Crippen LogP contribution is -2.38. The zero-order valence-electron chi connectivity index (χ0n) is 9.44. The first kappa shape index (κ1) is 12.3. The maximum Gasteiger partial charge on any atom is 0.428 e. The second kappa shape index (κ2) is 5.92. The van der Waals surface area contributed by atoms with Gasteiger partial charge < -0.3 is 14.5 Å². The van der Waals surface area contributed by atoms with Gasteiger partial charge in [0.2, 0.25) is 0 Å². The molecule has 1 heterocycles. The lowest BCUT2D eigenvalue weighted by molar-refractivity contribution is 0.0386. The summed E-state index contributed by atoms with van der Waals surface area (Å²) in [6.07, 6.45) is 2.74. The van der Waals surface area contributed by atoms with Crippen molar-refractivity contribution in [2.45, 2.75) is 32.2 Å². The molecule has 2 N–H and O–H groups in total. The van der Waals surface area contributed by atoms with Gasteiger partial charge in [0.1, 0.15) is 0 Å². The molecule has 1 saturated heterocycles. The van der Waals surface area contributed by atoms with Gasteiger partial charge in [-0.3, -0.25) is 0 Å². The van der Waals surface area contributed by atoms with Crippen LogP contribution < -0.4 is 5.90 Å². The van der Waals surface area contributed by atoms with E-state index in [0.29, 0.717) is 5.92 Å². The third-order valence-electron chi connectivity index (χ3n) is 2.98. The van der Waals surface area contributed by atoms with Crippen molar-refractivity contribution in [2.75, 3.05) is 20.3 Å². The van der Waals surface area contributed by atoms with E-state index in [-0.39, 0.29) is 6.04 Å². The largest absolute Gasteiger partial charge is 0.428 e. The molecule has 0 aromatic heterocycles. The van der Waals surface area contributed by atoms with Gasteiger partial charge in [-0.1, -0.05) is 0 Å². The van der Waals surface area contributed by atoms with Crippen LogP contribution in [-0.2, 0) is 9.57 Å². The average Bonchev–Trinajstić information content (AvgIpc) is 2.28. The van der Waals surface area contributed by atoms with E-state index < -0.39 is 6.09 Å². The van der Waals surface area contributed by atoms with Gasteiger partial charge in [-0.05, 0) is 32.1 Å². The van der Waals surface area contributed by atoms with E-state index in [4.69, 9.17) is 10.6 Å². The third kappa shape index (κ3) is 3.68. The summed E-state index contributed by atoms with van der Waals surface area (Å²) in [4.78, 5) is 16.8. The molecule has 1 aliphatic heterocycles. The minimum atomic E-state index is -0.487. The second-order valence-corrected chi connectivity index (χ2v) is 4.16. The minimum absolute atomic E-state index is 0.132. The number of ether oxygens (including phenoxy) is 1. The molecule has 0 saturated carbocycles. The molecule has 0 aromatic carbocycles. The molecule has 0 spiro atoms. The van der Waals surface area contributed by atoms with Crippen molar-refractivity contribution in [3.05, 3.63) is 0 Å². The predicted octanol–water partition coefficient (Wildman–Crippen LogP) is 1.13. The van der Waals surface area contributed by atoms with Crippen molar-refractivity contribution >= 4 is 6.09 Å². The molecule has 15 heavy (non-hydrogen) atoms. The molecular formula is C10H20N2O3. The number of nitrogens with two attached hydrogens (primary N) is 1.